The number of Topliss-reactive ketones (excluding diaryl/α,β-unsaturated/α-hetero) is 1. The van der Waals surface area contributed by atoms with E-state index in [4.69, 9.17) is 32.7 Å². The third-order valence-electron chi connectivity index (χ3n) is 3.65. The van der Waals surface area contributed by atoms with Crippen molar-refractivity contribution in [2.75, 3.05) is 20.3 Å². The lowest BCUT2D eigenvalue weighted by Crippen LogP contribution is -2.14. The van der Waals surface area contributed by atoms with Crippen molar-refractivity contribution < 1.29 is 14.3 Å². The van der Waals surface area contributed by atoms with E-state index in [9.17, 15) is 4.79 Å². The lowest BCUT2D eigenvalue weighted by atomic mass is 10.1. The molecule has 23 heavy (non-hydrogen) atoms. The molecule has 0 saturated carbocycles. The summed E-state index contributed by atoms with van der Waals surface area (Å²) in [5.41, 5.74) is 2.59. The maximum absolute atomic E-state index is 12.4. The zero-order valence-electron chi connectivity index (χ0n) is 13.4. The highest BCUT2D eigenvalue weighted by Gasteiger charge is 2.16. The smallest absolute Gasteiger partial charge is 0.202 e. The zero-order valence-corrected chi connectivity index (χ0v) is 14.9. The Morgan fingerprint density at radius 2 is 1.96 bits per heavy atom. The number of rotatable bonds is 7. The number of hydrogen-bond donors (Lipinski definition) is 0. The van der Waals surface area contributed by atoms with Crippen LogP contribution < -0.4 is 4.74 Å². The molecule has 124 valence electrons. The molecule has 2 rings (SSSR count). The predicted octanol–water partition coefficient (Wildman–Crippen LogP) is 4.32. The van der Waals surface area contributed by atoms with Crippen molar-refractivity contribution in [2.24, 2.45) is 0 Å². The first-order valence-electron chi connectivity index (χ1n) is 7.20. The fourth-order valence-corrected chi connectivity index (χ4v) is 2.89. The molecule has 6 heteroatoms. The number of ether oxygens (including phenoxy) is 2. The van der Waals surface area contributed by atoms with Gasteiger partial charge in [0, 0.05) is 35.6 Å². The summed E-state index contributed by atoms with van der Waals surface area (Å²) in [6, 6.07) is 6.78. The van der Waals surface area contributed by atoms with Gasteiger partial charge in [-0.2, -0.15) is 0 Å². The lowest BCUT2D eigenvalue weighted by molar-refractivity contribution is 0.0920. The molecule has 0 aliphatic rings. The minimum Gasteiger partial charge on any atom is -0.484 e. The van der Waals surface area contributed by atoms with Gasteiger partial charge in [-0.05, 0) is 38.1 Å². The summed E-state index contributed by atoms with van der Waals surface area (Å²) < 4.78 is 12.7. The lowest BCUT2D eigenvalue weighted by Gasteiger charge is -2.10. The second-order valence-electron chi connectivity index (χ2n) is 5.22. The minimum absolute atomic E-state index is 0.0735. The highest BCUT2D eigenvalue weighted by Crippen LogP contribution is 2.27. The van der Waals surface area contributed by atoms with Crippen molar-refractivity contribution in [3.8, 4) is 5.75 Å². The Morgan fingerprint density at radius 3 is 2.61 bits per heavy atom. The van der Waals surface area contributed by atoms with Crippen molar-refractivity contribution in [1.82, 2.24) is 4.57 Å². The SMILES string of the molecule is COCCn1c(C)cc(C(=O)COc2ccc(Cl)cc2Cl)c1C. The van der Waals surface area contributed by atoms with Gasteiger partial charge in [-0.3, -0.25) is 4.79 Å². The number of carbonyl (C=O) groups is 1. The minimum atomic E-state index is -0.0900. The van der Waals surface area contributed by atoms with Gasteiger partial charge in [0.05, 0.1) is 11.6 Å². The Morgan fingerprint density at radius 1 is 1.22 bits per heavy atom. The van der Waals surface area contributed by atoms with Crippen molar-refractivity contribution >= 4 is 29.0 Å². The summed E-state index contributed by atoms with van der Waals surface area (Å²) in [7, 11) is 1.66. The topological polar surface area (TPSA) is 40.5 Å². The molecule has 1 aromatic heterocycles. The van der Waals surface area contributed by atoms with Crippen LogP contribution in [0.2, 0.25) is 10.0 Å². The van der Waals surface area contributed by atoms with E-state index in [1.807, 2.05) is 19.9 Å². The summed E-state index contributed by atoms with van der Waals surface area (Å²) in [5.74, 6) is 0.352. The van der Waals surface area contributed by atoms with Crippen LogP contribution in [-0.4, -0.2) is 30.7 Å². The molecule has 0 atom stereocenters. The second-order valence-corrected chi connectivity index (χ2v) is 6.06. The number of nitrogens with zero attached hydrogens (tertiary/aromatic N) is 1. The van der Waals surface area contributed by atoms with Gasteiger partial charge in [0.1, 0.15) is 5.75 Å². The molecule has 4 nitrogen and oxygen atoms in total. The monoisotopic (exact) mass is 355 g/mol. The number of aryl methyl sites for hydroxylation is 1. The number of halogens is 2. The van der Waals surface area contributed by atoms with Gasteiger partial charge >= 0.3 is 0 Å². The first-order chi connectivity index (χ1) is 10.9. The van der Waals surface area contributed by atoms with Crippen LogP contribution in [-0.2, 0) is 11.3 Å². The maximum Gasteiger partial charge on any atom is 0.202 e. The Bertz CT molecular complexity index is 710. The number of hydrogen-bond acceptors (Lipinski definition) is 3. The Kier molecular flexibility index (Phi) is 6.10. The van der Waals surface area contributed by atoms with Gasteiger partial charge in [0.2, 0.25) is 5.78 Å². The summed E-state index contributed by atoms with van der Waals surface area (Å²) >= 11 is 11.9. The number of ketones is 1. The van der Waals surface area contributed by atoms with Gasteiger partial charge in [0.25, 0.3) is 0 Å². The maximum atomic E-state index is 12.4. The van der Waals surface area contributed by atoms with Crippen LogP contribution >= 0.6 is 23.2 Å². The van der Waals surface area contributed by atoms with Gasteiger partial charge in [-0.1, -0.05) is 23.2 Å². The third-order valence-corrected chi connectivity index (χ3v) is 4.18. The first kappa shape index (κ1) is 17.9. The van der Waals surface area contributed by atoms with Crippen LogP contribution in [0.25, 0.3) is 0 Å². The predicted molar refractivity (Wildman–Crippen MR) is 92.1 cm³/mol. The number of benzene rings is 1. The summed E-state index contributed by atoms with van der Waals surface area (Å²) in [6.45, 7) is 5.13. The summed E-state index contributed by atoms with van der Waals surface area (Å²) in [5, 5.41) is 0.909. The average molecular weight is 356 g/mol. The molecule has 0 spiro atoms. The van der Waals surface area contributed by atoms with Crippen LogP contribution in [0.4, 0.5) is 0 Å². The van der Waals surface area contributed by atoms with Crippen molar-refractivity contribution in [2.45, 2.75) is 20.4 Å². The highest BCUT2D eigenvalue weighted by molar-refractivity contribution is 6.35. The fraction of sp³-hybridized carbons (Fsp3) is 0.353. The molecule has 0 aliphatic carbocycles. The molecule has 0 saturated heterocycles. The van der Waals surface area contributed by atoms with Gasteiger partial charge in [-0.25, -0.2) is 0 Å². The molecule has 0 radical (unpaired) electrons. The number of aromatic nitrogens is 1. The molecule has 0 unspecified atom stereocenters. The fourth-order valence-electron chi connectivity index (χ4n) is 2.42. The van der Waals surface area contributed by atoms with E-state index in [-0.39, 0.29) is 12.4 Å². The summed E-state index contributed by atoms with van der Waals surface area (Å²) in [4.78, 5) is 12.4. The van der Waals surface area contributed by atoms with Crippen molar-refractivity contribution in [1.29, 1.82) is 0 Å². The highest BCUT2D eigenvalue weighted by atomic mass is 35.5. The van der Waals surface area contributed by atoms with Crippen LogP contribution in [0.1, 0.15) is 21.7 Å². The van der Waals surface area contributed by atoms with Crippen LogP contribution in [0.5, 0.6) is 5.75 Å². The van der Waals surface area contributed by atoms with Gasteiger partial charge in [-0.15, -0.1) is 0 Å². The third kappa shape index (κ3) is 4.28. The normalized spacial score (nSPS) is 10.8. The van der Waals surface area contributed by atoms with Crippen molar-refractivity contribution in [3.63, 3.8) is 0 Å². The second kappa shape index (κ2) is 7.86. The molecule has 0 amide bonds. The van der Waals surface area contributed by atoms with E-state index in [1.165, 1.54) is 0 Å². The first-order valence-corrected chi connectivity index (χ1v) is 7.96. The molecule has 0 aliphatic heterocycles. The molecule has 0 bridgehead atoms. The molecule has 0 fully saturated rings. The standard InChI is InChI=1S/C17H19Cl2NO3/c1-11-8-14(12(2)20(11)6-7-22-3)16(21)10-23-17-5-4-13(18)9-15(17)19/h4-5,8-9H,6-7,10H2,1-3H3. The Hall–Kier alpha value is -1.49. The molecule has 1 heterocycles. The number of carbonyl (C=O) groups excluding carboxylic acids is 1. The van der Waals surface area contributed by atoms with Crippen LogP contribution in [0.15, 0.2) is 24.3 Å². The largest absolute Gasteiger partial charge is 0.484 e. The van der Waals surface area contributed by atoms with Crippen LogP contribution in [0, 0.1) is 13.8 Å². The van der Waals surface area contributed by atoms with E-state index < -0.39 is 0 Å². The quantitative estimate of drug-likeness (QED) is 0.694. The Labute approximate surface area is 145 Å². The van der Waals surface area contributed by atoms with E-state index in [2.05, 4.69) is 4.57 Å². The average Bonchev–Trinajstić information content (AvgIpc) is 2.79. The van der Waals surface area contributed by atoms with Gasteiger partial charge in [0.15, 0.2) is 6.61 Å². The zero-order chi connectivity index (χ0) is 17.0. The number of methoxy groups -OCH3 is 1. The van der Waals surface area contributed by atoms with Crippen LogP contribution in [0.3, 0.4) is 0 Å². The molecule has 0 N–H and O–H groups in total. The van der Waals surface area contributed by atoms with E-state index in [0.29, 0.717) is 34.5 Å². The van der Waals surface area contributed by atoms with Crippen molar-refractivity contribution in [3.05, 3.63) is 51.3 Å². The molecular weight excluding hydrogens is 337 g/mol. The van der Waals surface area contributed by atoms with Gasteiger partial charge < -0.3 is 14.0 Å². The van der Waals surface area contributed by atoms with E-state index in [1.54, 1.807) is 25.3 Å². The summed E-state index contributed by atoms with van der Waals surface area (Å²) in [6.07, 6.45) is 0. The Balaban J connectivity index is 2.09. The van der Waals surface area contributed by atoms with E-state index in [0.717, 1.165) is 11.4 Å². The molecular formula is C17H19Cl2NO3. The molecule has 1 aromatic carbocycles. The molecule has 2 aromatic rings. The van der Waals surface area contributed by atoms with E-state index >= 15 is 0 Å².